The summed E-state index contributed by atoms with van der Waals surface area (Å²) in [6.07, 6.45) is 0.404. The topological polar surface area (TPSA) is 131 Å². The SMILES string of the molecule is CC1(c2ccc(C#N)cc2)CC(c2ccc(C#N)cc2)=C(C#N)C(=C(C#N)C#N)N1. The second kappa shape index (κ2) is 8.04. The quantitative estimate of drug-likeness (QED) is 0.778. The molecule has 3 rings (SSSR count). The first-order chi connectivity index (χ1) is 14.5. The fourth-order valence-electron chi connectivity index (χ4n) is 3.50. The van der Waals surface area contributed by atoms with Crippen LogP contribution in [0.15, 0.2) is 65.4 Å². The molecule has 0 radical (unpaired) electrons. The van der Waals surface area contributed by atoms with Crippen LogP contribution >= 0.6 is 0 Å². The Labute approximate surface area is 174 Å². The molecule has 6 heteroatoms. The summed E-state index contributed by atoms with van der Waals surface area (Å²) in [5, 5.41) is 50.1. The van der Waals surface area contributed by atoms with Crippen LogP contribution in [0.1, 0.15) is 35.6 Å². The molecule has 1 unspecified atom stereocenters. The lowest BCUT2D eigenvalue weighted by Gasteiger charge is -2.39. The van der Waals surface area contributed by atoms with Gasteiger partial charge in [-0.25, -0.2) is 0 Å². The van der Waals surface area contributed by atoms with E-state index in [1.165, 1.54) is 0 Å². The van der Waals surface area contributed by atoms with Crippen LogP contribution in [-0.2, 0) is 5.54 Å². The van der Waals surface area contributed by atoms with Crippen molar-refractivity contribution in [2.45, 2.75) is 18.9 Å². The average molecular weight is 386 g/mol. The summed E-state index contributed by atoms with van der Waals surface area (Å²) >= 11 is 0. The first-order valence-electron chi connectivity index (χ1n) is 8.97. The van der Waals surface area contributed by atoms with Crippen molar-refractivity contribution in [3.8, 4) is 30.3 Å². The van der Waals surface area contributed by atoms with Crippen LogP contribution in [0.25, 0.3) is 5.57 Å². The number of nitriles is 5. The monoisotopic (exact) mass is 386 g/mol. The van der Waals surface area contributed by atoms with Crippen LogP contribution in [0.2, 0.25) is 0 Å². The highest BCUT2D eigenvalue weighted by Crippen LogP contribution is 2.41. The Morgan fingerprint density at radius 2 is 1.33 bits per heavy atom. The van der Waals surface area contributed by atoms with E-state index in [1.54, 1.807) is 36.4 Å². The molecule has 30 heavy (non-hydrogen) atoms. The number of benzene rings is 2. The maximum atomic E-state index is 9.85. The zero-order valence-electron chi connectivity index (χ0n) is 16.1. The van der Waals surface area contributed by atoms with Gasteiger partial charge in [-0.15, -0.1) is 0 Å². The van der Waals surface area contributed by atoms with Crippen LogP contribution in [0.5, 0.6) is 0 Å². The van der Waals surface area contributed by atoms with Gasteiger partial charge in [-0.05, 0) is 47.9 Å². The van der Waals surface area contributed by atoms with E-state index in [2.05, 4.69) is 23.5 Å². The van der Waals surface area contributed by atoms with E-state index in [1.807, 2.05) is 31.2 Å². The first kappa shape index (κ1) is 19.9. The third-order valence-corrected chi connectivity index (χ3v) is 5.08. The van der Waals surface area contributed by atoms with Gasteiger partial charge in [-0.2, -0.15) is 26.3 Å². The summed E-state index contributed by atoms with van der Waals surface area (Å²) in [6, 6.07) is 23.9. The van der Waals surface area contributed by atoms with Gasteiger partial charge in [0, 0.05) is 6.42 Å². The minimum absolute atomic E-state index is 0.181. The van der Waals surface area contributed by atoms with Gasteiger partial charge in [0.05, 0.1) is 40.1 Å². The van der Waals surface area contributed by atoms with E-state index >= 15 is 0 Å². The second-order valence-corrected chi connectivity index (χ2v) is 6.95. The number of hydrogen-bond donors (Lipinski definition) is 1. The Morgan fingerprint density at radius 3 is 1.80 bits per heavy atom. The Hall–Kier alpha value is -4.83. The van der Waals surface area contributed by atoms with Crippen LogP contribution in [0, 0.1) is 56.7 Å². The summed E-state index contributed by atoms with van der Waals surface area (Å²) in [4.78, 5) is 0. The van der Waals surface area contributed by atoms with Crippen molar-refractivity contribution in [2.24, 2.45) is 0 Å². The predicted molar refractivity (Wildman–Crippen MR) is 108 cm³/mol. The molecule has 0 aliphatic carbocycles. The highest BCUT2D eigenvalue weighted by Gasteiger charge is 2.37. The summed E-state index contributed by atoms with van der Waals surface area (Å²) in [5.74, 6) is 0. The number of nitrogens with one attached hydrogen (secondary N) is 1. The van der Waals surface area contributed by atoms with Gasteiger partial charge in [0.15, 0.2) is 5.57 Å². The Kier molecular flexibility index (Phi) is 5.34. The van der Waals surface area contributed by atoms with Crippen molar-refractivity contribution in [3.63, 3.8) is 0 Å². The van der Waals surface area contributed by atoms with Gasteiger partial charge < -0.3 is 5.32 Å². The fourth-order valence-corrected chi connectivity index (χ4v) is 3.50. The van der Waals surface area contributed by atoms with E-state index in [0.29, 0.717) is 23.1 Å². The van der Waals surface area contributed by atoms with Crippen molar-refractivity contribution in [2.75, 3.05) is 0 Å². The van der Waals surface area contributed by atoms with Crippen molar-refractivity contribution in [1.29, 1.82) is 26.3 Å². The molecule has 6 nitrogen and oxygen atoms in total. The summed E-state index contributed by atoms with van der Waals surface area (Å²) in [5.41, 5.74) is 2.76. The molecule has 1 atom stereocenters. The third-order valence-electron chi connectivity index (χ3n) is 5.08. The van der Waals surface area contributed by atoms with Crippen molar-refractivity contribution in [1.82, 2.24) is 5.32 Å². The molecule has 0 amide bonds. The fraction of sp³-hybridized carbons (Fsp3) is 0.125. The highest BCUT2D eigenvalue weighted by molar-refractivity contribution is 5.80. The van der Waals surface area contributed by atoms with Crippen molar-refractivity contribution >= 4 is 5.57 Å². The standard InChI is InChI=1S/C24H14N6/c1-24(20-8-4-17(12-26)5-9-20)10-21(18-6-2-16(11-25)3-7-18)22(15-29)23(30-24)19(13-27)14-28/h2-9,30H,10H2,1H3. The lowest BCUT2D eigenvalue weighted by atomic mass is 9.77. The summed E-state index contributed by atoms with van der Waals surface area (Å²) in [7, 11) is 0. The maximum absolute atomic E-state index is 9.85. The van der Waals surface area contributed by atoms with Crippen molar-refractivity contribution in [3.05, 3.63) is 87.6 Å². The molecule has 2 aromatic rings. The Balaban J connectivity index is 2.26. The lowest BCUT2D eigenvalue weighted by Crippen LogP contribution is -2.43. The minimum atomic E-state index is -0.730. The average Bonchev–Trinajstić information content (AvgIpc) is 2.79. The third kappa shape index (κ3) is 3.48. The minimum Gasteiger partial charge on any atom is -0.373 e. The van der Waals surface area contributed by atoms with Gasteiger partial charge >= 0.3 is 0 Å². The van der Waals surface area contributed by atoms with Gasteiger partial charge in [0.25, 0.3) is 0 Å². The highest BCUT2D eigenvalue weighted by atomic mass is 15.0. The zero-order valence-corrected chi connectivity index (χ0v) is 16.1. The molecular formula is C24H14N6. The summed E-state index contributed by atoms with van der Waals surface area (Å²) in [6.45, 7) is 1.92. The number of nitrogens with zero attached hydrogens (tertiary/aromatic N) is 5. The molecule has 2 aromatic carbocycles. The molecule has 0 bridgehead atoms. The Bertz CT molecular complexity index is 1260. The number of allylic oxidation sites excluding steroid dienone is 2. The maximum Gasteiger partial charge on any atom is 0.154 e. The van der Waals surface area contributed by atoms with Gasteiger partial charge in [-0.1, -0.05) is 24.3 Å². The van der Waals surface area contributed by atoms with Crippen LogP contribution < -0.4 is 5.32 Å². The molecule has 0 saturated carbocycles. The predicted octanol–water partition coefficient (Wildman–Crippen LogP) is 3.92. The second-order valence-electron chi connectivity index (χ2n) is 6.95. The van der Waals surface area contributed by atoms with Gasteiger partial charge in [-0.3, -0.25) is 0 Å². The molecule has 1 N–H and O–H groups in total. The van der Waals surface area contributed by atoms with E-state index in [0.717, 1.165) is 11.1 Å². The van der Waals surface area contributed by atoms with Gasteiger partial charge in [0.2, 0.25) is 0 Å². The zero-order chi connectivity index (χ0) is 21.7. The molecule has 1 aliphatic rings. The van der Waals surface area contributed by atoms with Crippen molar-refractivity contribution < 1.29 is 0 Å². The van der Waals surface area contributed by atoms with Gasteiger partial charge in [0.1, 0.15) is 18.2 Å². The molecule has 140 valence electrons. The smallest absolute Gasteiger partial charge is 0.154 e. The summed E-state index contributed by atoms with van der Waals surface area (Å²) < 4.78 is 0. The first-order valence-corrected chi connectivity index (χ1v) is 8.97. The van der Waals surface area contributed by atoms with E-state index in [4.69, 9.17) is 10.5 Å². The lowest BCUT2D eigenvalue weighted by molar-refractivity contribution is 0.407. The number of hydrogen-bond acceptors (Lipinski definition) is 6. The molecule has 1 heterocycles. The largest absolute Gasteiger partial charge is 0.373 e. The molecule has 0 saturated heterocycles. The van der Waals surface area contributed by atoms with E-state index in [9.17, 15) is 15.8 Å². The van der Waals surface area contributed by atoms with E-state index < -0.39 is 5.54 Å². The molecule has 1 aliphatic heterocycles. The Morgan fingerprint density at radius 1 is 0.800 bits per heavy atom. The van der Waals surface area contributed by atoms with Crippen LogP contribution in [0.4, 0.5) is 0 Å². The van der Waals surface area contributed by atoms with Crippen LogP contribution in [0.3, 0.4) is 0 Å². The molecular weight excluding hydrogens is 372 g/mol. The number of rotatable bonds is 2. The molecule has 0 spiro atoms. The normalized spacial score (nSPS) is 17.4. The van der Waals surface area contributed by atoms with Crippen LogP contribution in [-0.4, -0.2) is 0 Å². The van der Waals surface area contributed by atoms with E-state index in [-0.39, 0.29) is 16.8 Å². The molecule has 0 aromatic heterocycles. The molecule has 0 fully saturated rings.